The Bertz CT molecular complexity index is 923. The Morgan fingerprint density at radius 3 is 2.55 bits per heavy atom. The molecule has 156 valence electrons. The van der Waals surface area contributed by atoms with Gasteiger partial charge in [0.1, 0.15) is 11.3 Å². The smallest absolute Gasteiger partial charge is 0.142 e. The second kappa shape index (κ2) is 7.53. The monoisotopic (exact) mass is 414 g/mol. The lowest BCUT2D eigenvalue weighted by atomic mass is 9.74. The number of likely N-dealkylation sites (N-methyl/N-ethyl adjacent to an activating group) is 1. The third kappa shape index (κ3) is 3.43. The van der Waals surface area contributed by atoms with E-state index in [0.717, 1.165) is 85.4 Å². The lowest BCUT2D eigenvalue weighted by Gasteiger charge is -2.44. The first-order chi connectivity index (χ1) is 14.1. The lowest BCUT2D eigenvalue weighted by Crippen LogP contribution is -2.48. The number of anilines is 1. The quantitative estimate of drug-likeness (QED) is 0.750. The van der Waals surface area contributed by atoms with Gasteiger partial charge in [-0.05, 0) is 31.5 Å². The van der Waals surface area contributed by atoms with Gasteiger partial charge in [-0.15, -0.1) is 0 Å². The molecule has 29 heavy (non-hydrogen) atoms. The van der Waals surface area contributed by atoms with Gasteiger partial charge in [-0.2, -0.15) is 0 Å². The van der Waals surface area contributed by atoms with Crippen LogP contribution in [0.5, 0.6) is 0 Å². The molecule has 0 radical (unpaired) electrons. The number of rotatable bonds is 3. The molecular weight excluding hydrogens is 384 g/mol. The summed E-state index contributed by atoms with van der Waals surface area (Å²) in [5.74, 6) is 1.87. The van der Waals surface area contributed by atoms with E-state index in [2.05, 4.69) is 40.0 Å². The zero-order chi connectivity index (χ0) is 20.0. The van der Waals surface area contributed by atoms with Crippen LogP contribution in [0.25, 0.3) is 11.0 Å². The highest BCUT2D eigenvalue weighted by molar-refractivity contribution is 6.34. The minimum atomic E-state index is -0.124. The first kappa shape index (κ1) is 19.3. The highest BCUT2D eigenvalue weighted by atomic mass is 35.5. The first-order valence-electron chi connectivity index (χ1n) is 11.0. The van der Waals surface area contributed by atoms with Crippen LogP contribution in [0.3, 0.4) is 0 Å². The van der Waals surface area contributed by atoms with Gasteiger partial charge in [0.25, 0.3) is 0 Å². The minimum Gasteiger partial charge on any atom is -0.459 e. The molecule has 1 spiro atoms. The summed E-state index contributed by atoms with van der Waals surface area (Å²) in [5, 5.41) is 8.91. The average Bonchev–Trinajstić information content (AvgIpc) is 3.10. The van der Waals surface area contributed by atoms with Crippen LogP contribution in [0, 0.1) is 0 Å². The van der Waals surface area contributed by atoms with Gasteiger partial charge in [0.2, 0.25) is 0 Å². The molecule has 1 saturated heterocycles. The maximum atomic E-state index is 6.73. The summed E-state index contributed by atoms with van der Waals surface area (Å²) in [6, 6.07) is 4.23. The fourth-order valence-corrected chi connectivity index (χ4v) is 5.67. The molecule has 0 bridgehead atoms. The number of hydrogen-bond acceptors (Lipinski definition) is 5. The van der Waals surface area contributed by atoms with Crippen LogP contribution in [0.2, 0.25) is 5.02 Å². The maximum Gasteiger partial charge on any atom is 0.142 e. The molecule has 5 nitrogen and oxygen atoms in total. The SMILES string of the molecule is C=C1Nc2c(Cl)cc3cc(CN4CCN(CC)CC4)oc3c2C2(CCCCC2)N1. The summed E-state index contributed by atoms with van der Waals surface area (Å²) in [5.41, 5.74) is 3.04. The van der Waals surface area contributed by atoms with E-state index in [4.69, 9.17) is 16.0 Å². The molecular formula is C23H31ClN4O. The zero-order valence-electron chi connectivity index (χ0n) is 17.3. The maximum absolute atomic E-state index is 6.73. The van der Waals surface area contributed by atoms with E-state index in [0.29, 0.717) is 0 Å². The predicted octanol–water partition coefficient (Wildman–Crippen LogP) is 4.87. The molecule has 2 aliphatic heterocycles. The van der Waals surface area contributed by atoms with E-state index in [1.54, 1.807) is 0 Å². The van der Waals surface area contributed by atoms with Crippen LogP contribution < -0.4 is 10.6 Å². The molecule has 1 aliphatic carbocycles. The van der Waals surface area contributed by atoms with Crippen molar-refractivity contribution in [2.45, 2.75) is 51.1 Å². The zero-order valence-corrected chi connectivity index (χ0v) is 18.1. The Hall–Kier alpha value is -1.69. The van der Waals surface area contributed by atoms with Crippen LogP contribution in [-0.2, 0) is 12.1 Å². The Balaban J connectivity index is 1.52. The Morgan fingerprint density at radius 2 is 1.83 bits per heavy atom. The number of hydrogen-bond donors (Lipinski definition) is 2. The number of piperazine rings is 1. The van der Waals surface area contributed by atoms with Gasteiger partial charge in [0.15, 0.2) is 0 Å². The van der Waals surface area contributed by atoms with Crippen molar-refractivity contribution in [3.05, 3.63) is 40.9 Å². The lowest BCUT2D eigenvalue weighted by molar-refractivity contribution is 0.126. The summed E-state index contributed by atoms with van der Waals surface area (Å²) < 4.78 is 6.52. The molecule has 3 heterocycles. The van der Waals surface area contributed by atoms with Crippen molar-refractivity contribution in [2.24, 2.45) is 0 Å². The Morgan fingerprint density at radius 1 is 1.10 bits per heavy atom. The summed E-state index contributed by atoms with van der Waals surface area (Å²) in [6.07, 6.45) is 5.89. The number of nitrogens with zero attached hydrogens (tertiary/aromatic N) is 2. The molecule has 1 aromatic carbocycles. The van der Waals surface area contributed by atoms with E-state index in [-0.39, 0.29) is 5.54 Å². The van der Waals surface area contributed by atoms with Crippen molar-refractivity contribution >= 4 is 28.3 Å². The molecule has 5 rings (SSSR count). The van der Waals surface area contributed by atoms with Gasteiger partial charge in [-0.3, -0.25) is 4.90 Å². The van der Waals surface area contributed by atoms with Gasteiger partial charge in [0, 0.05) is 37.1 Å². The van der Waals surface area contributed by atoms with Crippen molar-refractivity contribution in [3.63, 3.8) is 0 Å². The fraction of sp³-hybridized carbons (Fsp3) is 0.565. The molecule has 0 atom stereocenters. The minimum absolute atomic E-state index is 0.124. The van der Waals surface area contributed by atoms with Crippen LogP contribution >= 0.6 is 11.6 Å². The van der Waals surface area contributed by atoms with E-state index < -0.39 is 0 Å². The summed E-state index contributed by atoms with van der Waals surface area (Å²) in [4.78, 5) is 5.00. The van der Waals surface area contributed by atoms with Gasteiger partial charge in [0.05, 0.1) is 28.6 Å². The highest BCUT2D eigenvalue weighted by Gasteiger charge is 2.42. The number of benzene rings is 1. The predicted molar refractivity (Wildman–Crippen MR) is 119 cm³/mol. The van der Waals surface area contributed by atoms with Gasteiger partial charge in [-0.1, -0.05) is 44.4 Å². The van der Waals surface area contributed by atoms with Crippen LogP contribution in [0.15, 0.2) is 28.9 Å². The molecule has 3 aliphatic rings. The number of fused-ring (bicyclic) bond motifs is 4. The molecule has 2 N–H and O–H groups in total. The van der Waals surface area contributed by atoms with Crippen molar-refractivity contribution < 1.29 is 4.42 Å². The second-order valence-corrected chi connectivity index (χ2v) is 9.23. The molecule has 0 unspecified atom stereocenters. The van der Waals surface area contributed by atoms with E-state index >= 15 is 0 Å². The summed E-state index contributed by atoms with van der Waals surface area (Å²) in [6.45, 7) is 12.8. The number of nitrogens with one attached hydrogen (secondary N) is 2. The Kier molecular flexibility index (Phi) is 5.01. The van der Waals surface area contributed by atoms with Crippen LogP contribution in [0.4, 0.5) is 5.69 Å². The van der Waals surface area contributed by atoms with E-state index in [1.165, 1.54) is 24.8 Å². The standard InChI is InChI=1S/C23H31ClN4O/c1-3-27-9-11-28(12-10-27)15-18-13-17-14-19(24)21-20(22(17)29-18)23(26-16(2)25-21)7-5-4-6-8-23/h13-14,25-26H,2-12,15H2,1H3. The molecule has 0 amide bonds. The van der Waals surface area contributed by atoms with Crippen molar-refractivity contribution in [1.29, 1.82) is 0 Å². The van der Waals surface area contributed by atoms with E-state index in [1.807, 2.05) is 6.07 Å². The Labute approximate surface area is 178 Å². The first-order valence-corrected chi connectivity index (χ1v) is 11.4. The van der Waals surface area contributed by atoms with Crippen molar-refractivity contribution in [3.8, 4) is 0 Å². The largest absolute Gasteiger partial charge is 0.459 e. The van der Waals surface area contributed by atoms with Gasteiger partial charge in [-0.25, -0.2) is 0 Å². The van der Waals surface area contributed by atoms with Crippen LogP contribution in [-0.4, -0.2) is 42.5 Å². The molecule has 2 fully saturated rings. The third-order valence-electron chi connectivity index (χ3n) is 6.95. The molecule has 1 aromatic heterocycles. The molecule has 6 heteroatoms. The highest BCUT2D eigenvalue weighted by Crippen LogP contribution is 2.49. The van der Waals surface area contributed by atoms with E-state index in [9.17, 15) is 0 Å². The fourth-order valence-electron chi connectivity index (χ4n) is 5.41. The second-order valence-electron chi connectivity index (χ2n) is 8.82. The average molecular weight is 415 g/mol. The van der Waals surface area contributed by atoms with Crippen LogP contribution in [0.1, 0.15) is 50.4 Å². The summed E-state index contributed by atoms with van der Waals surface area (Å²) in [7, 11) is 0. The van der Waals surface area contributed by atoms with Gasteiger partial charge < -0.3 is 20.0 Å². The normalized spacial score (nSPS) is 22.5. The van der Waals surface area contributed by atoms with Crippen molar-refractivity contribution in [1.82, 2.24) is 15.1 Å². The van der Waals surface area contributed by atoms with Crippen molar-refractivity contribution in [2.75, 3.05) is 38.0 Å². The number of furan rings is 1. The third-order valence-corrected chi connectivity index (χ3v) is 7.25. The summed E-state index contributed by atoms with van der Waals surface area (Å²) >= 11 is 6.73. The number of halogens is 1. The topological polar surface area (TPSA) is 43.7 Å². The molecule has 2 aromatic rings. The van der Waals surface area contributed by atoms with Gasteiger partial charge >= 0.3 is 0 Å². The molecule has 1 saturated carbocycles.